The topological polar surface area (TPSA) is 69.7 Å². The third-order valence-corrected chi connectivity index (χ3v) is 7.79. The summed E-state index contributed by atoms with van der Waals surface area (Å²) in [6.07, 6.45) is 3.72. The Kier molecular flexibility index (Phi) is 6.55. The van der Waals surface area contributed by atoms with E-state index in [1.807, 2.05) is 12.1 Å². The van der Waals surface area contributed by atoms with Gasteiger partial charge in [-0.1, -0.05) is 26.0 Å². The van der Waals surface area contributed by atoms with Crippen LogP contribution >= 0.6 is 0 Å². The molecule has 2 unspecified atom stereocenters. The van der Waals surface area contributed by atoms with Gasteiger partial charge in [0, 0.05) is 38.6 Å². The maximum Gasteiger partial charge on any atom is 0.243 e. The highest BCUT2D eigenvalue weighted by Crippen LogP contribution is 2.23. The first-order chi connectivity index (χ1) is 12.9. The largest absolute Gasteiger partial charge is 0.340 e. The van der Waals surface area contributed by atoms with Crippen LogP contribution in [0.15, 0.2) is 29.2 Å². The average Bonchev–Trinajstić information content (AvgIpc) is 3.20. The van der Waals surface area contributed by atoms with Gasteiger partial charge in [-0.3, -0.25) is 4.79 Å². The lowest BCUT2D eigenvalue weighted by Crippen LogP contribution is -2.51. The maximum absolute atomic E-state index is 12.9. The van der Waals surface area contributed by atoms with Gasteiger partial charge in [-0.05, 0) is 49.4 Å². The number of carbonyl (C=O) groups excluding carboxylic acids is 1. The Morgan fingerprint density at radius 1 is 1.19 bits per heavy atom. The van der Waals surface area contributed by atoms with Crippen LogP contribution in [0.4, 0.5) is 0 Å². The van der Waals surface area contributed by atoms with Gasteiger partial charge in [-0.25, -0.2) is 8.42 Å². The molecule has 0 bridgehead atoms. The van der Waals surface area contributed by atoms with E-state index in [1.54, 1.807) is 17.0 Å². The molecular formula is C20H31N3O3S. The Labute approximate surface area is 163 Å². The van der Waals surface area contributed by atoms with Crippen LogP contribution in [-0.2, 0) is 14.8 Å². The number of amides is 1. The summed E-state index contributed by atoms with van der Waals surface area (Å²) in [4.78, 5) is 14.6. The SMILES string of the molecule is CCC(C)c1ccc(S(=O)(=O)N2CCN(C(=O)CC3CCCN3)CC2)cc1. The van der Waals surface area contributed by atoms with E-state index in [0.717, 1.165) is 31.4 Å². The van der Waals surface area contributed by atoms with E-state index in [-0.39, 0.29) is 11.9 Å². The lowest BCUT2D eigenvalue weighted by Gasteiger charge is -2.34. The van der Waals surface area contributed by atoms with E-state index >= 15 is 0 Å². The quantitative estimate of drug-likeness (QED) is 0.804. The van der Waals surface area contributed by atoms with Gasteiger partial charge in [0.25, 0.3) is 0 Å². The van der Waals surface area contributed by atoms with Gasteiger partial charge in [-0.2, -0.15) is 4.31 Å². The number of rotatable bonds is 6. The summed E-state index contributed by atoms with van der Waals surface area (Å²) in [5, 5.41) is 3.34. The van der Waals surface area contributed by atoms with Crippen LogP contribution in [0.1, 0.15) is 51.0 Å². The molecule has 6 nitrogen and oxygen atoms in total. The molecule has 1 N–H and O–H groups in total. The fourth-order valence-electron chi connectivity index (χ4n) is 3.80. The van der Waals surface area contributed by atoms with Gasteiger partial charge < -0.3 is 10.2 Å². The highest BCUT2D eigenvalue weighted by atomic mass is 32.2. The van der Waals surface area contributed by atoms with Crippen LogP contribution in [0.3, 0.4) is 0 Å². The Morgan fingerprint density at radius 3 is 2.41 bits per heavy atom. The minimum Gasteiger partial charge on any atom is -0.340 e. The number of sulfonamides is 1. The molecular weight excluding hydrogens is 362 g/mol. The summed E-state index contributed by atoms with van der Waals surface area (Å²) in [7, 11) is -3.50. The molecule has 1 aromatic carbocycles. The number of hydrogen-bond donors (Lipinski definition) is 1. The van der Waals surface area contributed by atoms with E-state index in [2.05, 4.69) is 19.2 Å². The van der Waals surface area contributed by atoms with Crippen molar-refractivity contribution in [3.05, 3.63) is 29.8 Å². The molecule has 0 saturated carbocycles. The van der Waals surface area contributed by atoms with Crippen LogP contribution in [0.25, 0.3) is 0 Å². The summed E-state index contributed by atoms with van der Waals surface area (Å²) in [5.41, 5.74) is 1.16. The lowest BCUT2D eigenvalue weighted by molar-refractivity contribution is -0.132. The van der Waals surface area contributed by atoms with Gasteiger partial charge in [-0.15, -0.1) is 0 Å². The van der Waals surface area contributed by atoms with Gasteiger partial charge in [0.05, 0.1) is 4.90 Å². The molecule has 3 rings (SSSR count). The molecule has 0 radical (unpaired) electrons. The van der Waals surface area contributed by atoms with E-state index in [4.69, 9.17) is 0 Å². The van der Waals surface area contributed by atoms with Crippen LogP contribution < -0.4 is 5.32 Å². The second-order valence-electron chi connectivity index (χ2n) is 7.66. The summed E-state index contributed by atoms with van der Waals surface area (Å²) in [6, 6.07) is 7.52. The van der Waals surface area contributed by atoms with E-state index < -0.39 is 10.0 Å². The fourth-order valence-corrected chi connectivity index (χ4v) is 5.22. The molecule has 150 valence electrons. The first-order valence-corrected chi connectivity index (χ1v) is 11.5. The average molecular weight is 394 g/mol. The Balaban J connectivity index is 1.58. The van der Waals surface area contributed by atoms with Crippen LogP contribution in [0, 0.1) is 0 Å². The van der Waals surface area contributed by atoms with Crippen molar-refractivity contribution in [3.8, 4) is 0 Å². The van der Waals surface area contributed by atoms with Crippen molar-refractivity contribution in [1.29, 1.82) is 0 Å². The molecule has 2 fully saturated rings. The molecule has 2 atom stereocenters. The summed E-state index contributed by atoms with van der Waals surface area (Å²) >= 11 is 0. The smallest absolute Gasteiger partial charge is 0.243 e. The zero-order valence-electron chi connectivity index (χ0n) is 16.4. The Morgan fingerprint density at radius 2 is 1.85 bits per heavy atom. The molecule has 27 heavy (non-hydrogen) atoms. The van der Waals surface area contributed by atoms with Gasteiger partial charge in [0.2, 0.25) is 15.9 Å². The van der Waals surface area contributed by atoms with Crippen molar-refractivity contribution in [3.63, 3.8) is 0 Å². The molecule has 0 spiro atoms. The number of nitrogens with zero attached hydrogens (tertiary/aromatic N) is 2. The second-order valence-corrected chi connectivity index (χ2v) is 9.60. The van der Waals surface area contributed by atoms with Crippen molar-refractivity contribution in [2.24, 2.45) is 0 Å². The van der Waals surface area contributed by atoms with Crippen molar-refractivity contribution < 1.29 is 13.2 Å². The van der Waals surface area contributed by atoms with Crippen LogP contribution in [-0.4, -0.2) is 62.3 Å². The minimum atomic E-state index is -3.50. The van der Waals surface area contributed by atoms with Crippen molar-refractivity contribution in [2.75, 3.05) is 32.7 Å². The molecule has 1 aromatic rings. The molecule has 2 heterocycles. The normalized spacial score (nSPS) is 22.7. The molecule has 1 amide bonds. The summed E-state index contributed by atoms with van der Waals surface area (Å²) in [6.45, 7) is 6.91. The van der Waals surface area contributed by atoms with E-state index in [0.29, 0.717) is 43.4 Å². The van der Waals surface area contributed by atoms with Gasteiger partial charge in [0.15, 0.2) is 0 Å². The number of carbonyl (C=O) groups is 1. The first kappa shape index (κ1) is 20.3. The van der Waals surface area contributed by atoms with Crippen LogP contribution in [0.2, 0.25) is 0 Å². The molecule has 2 saturated heterocycles. The van der Waals surface area contributed by atoms with E-state index in [1.165, 1.54) is 4.31 Å². The van der Waals surface area contributed by atoms with Gasteiger partial charge in [0.1, 0.15) is 0 Å². The predicted molar refractivity (Wildman–Crippen MR) is 106 cm³/mol. The fraction of sp³-hybridized carbons (Fsp3) is 0.650. The van der Waals surface area contributed by atoms with Gasteiger partial charge >= 0.3 is 0 Å². The maximum atomic E-state index is 12.9. The number of piperazine rings is 1. The number of nitrogens with one attached hydrogen (secondary N) is 1. The summed E-state index contributed by atoms with van der Waals surface area (Å²) in [5.74, 6) is 0.551. The zero-order valence-corrected chi connectivity index (χ0v) is 17.2. The third-order valence-electron chi connectivity index (χ3n) is 5.87. The molecule has 7 heteroatoms. The first-order valence-electron chi connectivity index (χ1n) is 10.0. The Hall–Kier alpha value is -1.44. The molecule has 0 aliphatic carbocycles. The number of hydrogen-bond acceptors (Lipinski definition) is 4. The highest BCUT2D eigenvalue weighted by molar-refractivity contribution is 7.89. The molecule has 2 aliphatic heterocycles. The Bertz CT molecular complexity index is 734. The lowest BCUT2D eigenvalue weighted by atomic mass is 9.99. The van der Waals surface area contributed by atoms with Crippen molar-refractivity contribution in [1.82, 2.24) is 14.5 Å². The zero-order chi connectivity index (χ0) is 19.4. The van der Waals surface area contributed by atoms with E-state index in [9.17, 15) is 13.2 Å². The van der Waals surface area contributed by atoms with Crippen LogP contribution in [0.5, 0.6) is 0 Å². The predicted octanol–water partition coefficient (Wildman–Crippen LogP) is 2.18. The number of benzene rings is 1. The molecule has 0 aromatic heterocycles. The van der Waals surface area contributed by atoms with Crippen molar-refractivity contribution in [2.45, 2.75) is 56.4 Å². The van der Waals surface area contributed by atoms with Crippen molar-refractivity contribution >= 4 is 15.9 Å². The highest BCUT2D eigenvalue weighted by Gasteiger charge is 2.31. The second kappa shape index (κ2) is 8.71. The standard InChI is InChI=1S/C20H31N3O3S/c1-3-16(2)17-6-8-19(9-7-17)27(25,26)23-13-11-22(12-14-23)20(24)15-18-5-4-10-21-18/h6-9,16,18,21H,3-5,10-15H2,1-2H3. The summed E-state index contributed by atoms with van der Waals surface area (Å²) < 4.78 is 27.3. The monoisotopic (exact) mass is 393 g/mol. The third kappa shape index (κ3) is 4.70. The molecule has 2 aliphatic rings. The minimum absolute atomic E-state index is 0.129.